The molecule has 1 rings (SSSR count). The SMILES string of the molecule is Cc1cc(NOO)c(C)cc1N. The summed E-state index contributed by atoms with van der Waals surface area (Å²) in [5.41, 5.74) is 11.3. The molecule has 0 saturated heterocycles. The van der Waals surface area contributed by atoms with E-state index in [2.05, 4.69) is 10.5 Å². The zero-order valence-electron chi connectivity index (χ0n) is 7.09. The quantitative estimate of drug-likeness (QED) is 0.357. The second-order valence-electron chi connectivity index (χ2n) is 2.72. The van der Waals surface area contributed by atoms with E-state index in [1.807, 2.05) is 19.9 Å². The Bertz CT molecular complexity index is 287. The number of nitrogens with two attached hydrogens (primary N) is 1. The minimum atomic E-state index is 0.712. The van der Waals surface area contributed by atoms with Gasteiger partial charge >= 0.3 is 0 Å². The molecule has 0 bridgehead atoms. The Hall–Kier alpha value is -1.26. The van der Waals surface area contributed by atoms with E-state index in [1.54, 1.807) is 6.07 Å². The van der Waals surface area contributed by atoms with Crippen LogP contribution in [0.25, 0.3) is 0 Å². The first-order valence-corrected chi connectivity index (χ1v) is 3.58. The lowest BCUT2D eigenvalue weighted by Gasteiger charge is -2.08. The van der Waals surface area contributed by atoms with Gasteiger partial charge in [-0.3, -0.25) is 0 Å². The van der Waals surface area contributed by atoms with Gasteiger partial charge in [-0.25, -0.2) is 10.7 Å². The van der Waals surface area contributed by atoms with Crippen LogP contribution in [0, 0.1) is 13.8 Å². The molecule has 0 spiro atoms. The summed E-state index contributed by atoms with van der Waals surface area (Å²) in [4.78, 5) is 3.81. The number of anilines is 2. The van der Waals surface area contributed by atoms with Crippen molar-refractivity contribution in [1.82, 2.24) is 0 Å². The van der Waals surface area contributed by atoms with E-state index in [-0.39, 0.29) is 0 Å². The zero-order chi connectivity index (χ0) is 9.14. The predicted octanol–water partition coefficient (Wildman–Crippen LogP) is 1.70. The second-order valence-corrected chi connectivity index (χ2v) is 2.72. The lowest BCUT2D eigenvalue weighted by Crippen LogP contribution is -2.00. The molecule has 0 atom stereocenters. The molecule has 0 saturated carbocycles. The van der Waals surface area contributed by atoms with E-state index >= 15 is 0 Å². The lowest BCUT2D eigenvalue weighted by molar-refractivity contribution is -0.215. The van der Waals surface area contributed by atoms with Crippen molar-refractivity contribution in [3.05, 3.63) is 23.3 Å². The van der Waals surface area contributed by atoms with E-state index < -0.39 is 0 Å². The molecule has 0 heterocycles. The van der Waals surface area contributed by atoms with Gasteiger partial charge in [0.05, 0.1) is 5.69 Å². The maximum Gasteiger partial charge on any atom is 0.0667 e. The van der Waals surface area contributed by atoms with Crippen molar-refractivity contribution in [2.24, 2.45) is 0 Å². The Morgan fingerprint density at radius 3 is 2.58 bits per heavy atom. The zero-order valence-corrected chi connectivity index (χ0v) is 7.09. The summed E-state index contributed by atoms with van der Waals surface area (Å²) in [6.45, 7) is 3.76. The third-order valence-electron chi connectivity index (χ3n) is 1.77. The first kappa shape index (κ1) is 8.83. The molecule has 0 amide bonds. The van der Waals surface area contributed by atoms with Crippen LogP contribution in [0.5, 0.6) is 0 Å². The van der Waals surface area contributed by atoms with Crippen molar-refractivity contribution in [2.75, 3.05) is 11.2 Å². The summed E-state index contributed by atoms with van der Waals surface area (Å²) in [6.07, 6.45) is 0. The van der Waals surface area contributed by atoms with Crippen molar-refractivity contribution in [3.63, 3.8) is 0 Å². The number of nitrogens with one attached hydrogen (secondary N) is 1. The van der Waals surface area contributed by atoms with Crippen molar-refractivity contribution >= 4 is 11.4 Å². The molecule has 0 aliphatic heterocycles. The van der Waals surface area contributed by atoms with Crippen LogP contribution in [-0.4, -0.2) is 5.26 Å². The van der Waals surface area contributed by atoms with E-state index in [0.717, 1.165) is 16.8 Å². The maximum atomic E-state index is 8.16. The van der Waals surface area contributed by atoms with Gasteiger partial charge < -0.3 is 5.73 Å². The van der Waals surface area contributed by atoms with Crippen LogP contribution in [0.3, 0.4) is 0 Å². The van der Waals surface area contributed by atoms with E-state index in [9.17, 15) is 0 Å². The Morgan fingerprint density at radius 2 is 2.00 bits per heavy atom. The topological polar surface area (TPSA) is 67.5 Å². The smallest absolute Gasteiger partial charge is 0.0667 e. The first-order chi connectivity index (χ1) is 5.65. The molecule has 1 aromatic rings. The van der Waals surface area contributed by atoms with Gasteiger partial charge in [0.15, 0.2) is 0 Å². The highest BCUT2D eigenvalue weighted by atomic mass is 17.2. The Balaban J connectivity index is 3.05. The number of benzene rings is 1. The van der Waals surface area contributed by atoms with Crippen LogP contribution >= 0.6 is 0 Å². The Morgan fingerprint density at radius 1 is 1.33 bits per heavy atom. The summed E-state index contributed by atoms with van der Waals surface area (Å²) < 4.78 is 0. The number of nitrogen functional groups attached to an aromatic ring is 1. The van der Waals surface area contributed by atoms with E-state index in [0.29, 0.717) is 5.69 Å². The number of hydrogen-bond donors (Lipinski definition) is 3. The van der Waals surface area contributed by atoms with Gasteiger partial charge in [0, 0.05) is 5.69 Å². The summed E-state index contributed by atoms with van der Waals surface area (Å²) in [7, 11) is 0. The molecule has 4 nitrogen and oxygen atoms in total. The van der Waals surface area contributed by atoms with Gasteiger partial charge in [0.1, 0.15) is 0 Å². The second kappa shape index (κ2) is 3.42. The van der Waals surface area contributed by atoms with Crippen LogP contribution in [0.1, 0.15) is 11.1 Å². The van der Waals surface area contributed by atoms with Gasteiger partial charge in [-0.1, -0.05) is 0 Å². The third kappa shape index (κ3) is 1.66. The first-order valence-electron chi connectivity index (χ1n) is 3.58. The molecule has 4 heteroatoms. The van der Waals surface area contributed by atoms with Crippen LogP contribution in [-0.2, 0) is 4.99 Å². The van der Waals surface area contributed by atoms with Gasteiger partial charge in [-0.15, -0.1) is 4.99 Å². The molecule has 0 unspecified atom stereocenters. The number of aryl methyl sites for hydroxylation is 2. The summed E-state index contributed by atoms with van der Waals surface area (Å²) in [6, 6.07) is 3.62. The van der Waals surface area contributed by atoms with Crippen molar-refractivity contribution in [3.8, 4) is 0 Å². The van der Waals surface area contributed by atoms with Gasteiger partial charge in [0.25, 0.3) is 0 Å². The molecule has 12 heavy (non-hydrogen) atoms. The van der Waals surface area contributed by atoms with Gasteiger partial charge in [0.2, 0.25) is 0 Å². The van der Waals surface area contributed by atoms with Gasteiger partial charge in [-0.2, -0.15) is 0 Å². The molecule has 0 aliphatic rings. The number of rotatable bonds is 2. The maximum absolute atomic E-state index is 8.16. The highest BCUT2D eigenvalue weighted by molar-refractivity contribution is 5.60. The van der Waals surface area contributed by atoms with Crippen LogP contribution in [0.2, 0.25) is 0 Å². The standard InChI is InChI=1S/C8H12N2O2/c1-5-4-8(10-12-11)6(2)3-7(5)9/h3-4,10-11H,9H2,1-2H3. The van der Waals surface area contributed by atoms with Crippen LogP contribution in [0.15, 0.2) is 12.1 Å². The number of hydrogen-bond acceptors (Lipinski definition) is 4. The molecule has 0 aliphatic carbocycles. The Labute approximate surface area is 70.8 Å². The molecular weight excluding hydrogens is 156 g/mol. The summed E-state index contributed by atoms with van der Waals surface area (Å²) in [5.74, 6) is 0. The van der Waals surface area contributed by atoms with Crippen molar-refractivity contribution < 1.29 is 10.2 Å². The molecule has 1 aromatic carbocycles. The fourth-order valence-electron chi connectivity index (χ4n) is 0.998. The fraction of sp³-hybridized carbons (Fsp3) is 0.250. The molecule has 0 fully saturated rings. The average Bonchev–Trinajstić information content (AvgIpc) is 2.01. The summed E-state index contributed by atoms with van der Waals surface area (Å²) >= 11 is 0. The van der Waals surface area contributed by atoms with Crippen molar-refractivity contribution in [1.29, 1.82) is 0 Å². The molecular formula is C8H12N2O2. The average molecular weight is 168 g/mol. The minimum Gasteiger partial charge on any atom is -0.399 e. The molecule has 66 valence electrons. The molecule has 0 radical (unpaired) electrons. The third-order valence-corrected chi connectivity index (χ3v) is 1.77. The lowest BCUT2D eigenvalue weighted by atomic mass is 10.1. The minimum absolute atomic E-state index is 0.712. The Kier molecular flexibility index (Phi) is 2.52. The largest absolute Gasteiger partial charge is 0.399 e. The van der Waals surface area contributed by atoms with Crippen molar-refractivity contribution in [2.45, 2.75) is 13.8 Å². The predicted molar refractivity (Wildman–Crippen MR) is 47.7 cm³/mol. The summed E-state index contributed by atoms with van der Waals surface area (Å²) in [5, 5.41) is 8.16. The van der Waals surface area contributed by atoms with Gasteiger partial charge in [-0.05, 0) is 37.1 Å². The monoisotopic (exact) mass is 168 g/mol. The molecule has 0 aromatic heterocycles. The molecule has 4 N–H and O–H groups in total. The fourth-order valence-corrected chi connectivity index (χ4v) is 0.998. The van der Waals surface area contributed by atoms with E-state index in [1.165, 1.54) is 0 Å². The normalized spacial score (nSPS) is 9.92. The van der Waals surface area contributed by atoms with Crippen LogP contribution < -0.4 is 11.2 Å². The highest BCUT2D eigenvalue weighted by Gasteiger charge is 2.00. The van der Waals surface area contributed by atoms with Crippen LogP contribution in [0.4, 0.5) is 11.4 Å². The highest BCUT2D eigenvalue weighted by Crippen LogP contribution is 2.21. The van der Waals surface area contributed by atoms with E-state index in [4.69, 9.17) is 11.0 Å².